The van der Waals surface area contributed by atoms with Crippen LogP contribution in [-0.4, -0.2) is 36.0 Å². The second-order valence-corrected chi connectivity index (χ2v) is 9.98. The Morgan fingerprint density at radius 3 is 2.48 bits per heavy atom. The van der Waals surface area contributed by atoms with E-state index in [1.54, 1.807) is 0 Å². The number of hydrogen-bond acceptors (Lipinski definition) is 4. The molecule has 4 heteroatoms. The zero-order valence-electron chi connectivity index (χ0n) is 15.6. The van der Waals surface area contributed by atoms with Gasteiger partial charge in [-0.15, -0.1) is 0 Å². The quantitative estimate of drug-likeness (QED) is 0.730. The molecule has 5 rings (SSSR count). The molecule has 140 valence electrons. The molecule has 0 aromatic carbocycles. The molecule has 4 saturated carbocycles. The molecular formula is C21H32O4. The fourth-order valence-corrected chi connectivity index (χ4v) is 7.91. The molecule has 0 bridgehead atoms. The average molecular weight is 348 g/mol. The maximum atomic E-state index is 13.1. The van der Waals surface area contributed by atoms with Gasteiger partial charge in [-0.25, -0.2) is 0 Å². The number of aliphatic hydroxyl groups excluding tert-OH is 1. The first kappa shape index (κ1) is 16.7. The highest BCUT2D eigenvalue weighted by molar-refractivity contribution is 5.83. The molecule has 0 unspecified atom stereocenters. The lowest BCUT2D eigenvalue weighted by atomic mass is 9.44. The number of carbonyl (C=O) groups is 1. The Morgan fingerprint density at radius 2 is 1.72 bits per heavy atom. The number of Topliss-reactive ketones (excluding diaryl/α,β-unsaturated/α-hetero) is 1. The molecule has 7 atom stereocenters. The van der Waals surface area contributed by atoms with Crippen LogP contribution < -0.4 is 0 Å². The van der Waals surface area contributed by atoms with Crippen molar-refractivity contribution in [1.82, 2.24) is 0 Å². The third-order valence-electron chi connectivity index (χ3n) is 9.23. The van der Waals surface area contributed by atoms with Crippen molar-refractivity contribution in [2.75, 3.05) is 13.2 Å². The molecule has 0 aromatic rings. The van der Waals surface area contributed by atoms with E-state index in [0.717, 1.165) is 32.1 Å². The fourth-order valence-electron chi connectivity index (χ4n) is 7.91. The van der Waals surface area contributed by atoms with E-state index in [1.165, 1.54) is 6.42 Å². The number of rotatable bonds is 0. The van der Waals surface area contributed by atoms with E-state index < -0.39 is 0 Å². The molecule has 5 fully saturated rings. The molecule has 25 heavy (non-hydrogen) atoms. The second kappa shape index (κ2) is 5.30. The molecule has 1 heterocycles. The van der Waals surface area contributed by atoms with Crippen molar-refractivity contribution in [3.05, 3.63) is 0 Å². The van der Waals surface area contributed by atoms with Gasteiger partial charge in [0.15, 0.2) is 5.79 Å². The van der Waals surface area contributed by atoms with Crippen molar-refractivity contribution in [3.63, 3.8) is 0 Å². The van der Waals surface area contributed by atoms with E-state index in [1.807, 2.05) is 0 Å². The van der Waals surface area contributed by atoms with Crippen LogP contribution in [0.1, 0.15) is 65.2 Å². The first-order valence-electron chi connectivity index (χ1n) is 10.4. The Morgan fingerprint density at radius 1 is 1.00 bits per heavy atom. The van der Waals surface area contributed by atoms with Gasteiger partial charge in [0.1, 0.15) is 5.78 Å². The van der Waals surface area contributed by atoms with Crippen molar-refractivity contribution < 1.29 is 19.4 Å². The molecule has 1 spiro atoms. The zero-order valence-corrected chi connectivity index (χ0v) is 15.6. The van der Waals surface area contributed by atoms with E-state index >= 15 is 0 Å². The van der Waals surface area contributed by atoms with Gasteiger partial charge in [0.2, 0.25) is 0 Å². The lowest BCUT2D eigenvalue weighted by molar-refractivity contribution is -0.246. The number of ether oxygens (including phenoxy) is 2. The number of hydrogen-bond donors (Lipinski definition) is 1. The fraction of sp³-hybridized carbons (Fsp3) is 0.952. The van der Waals surface area contributed by atoms with Crippen LogP contribution in [0.25, 0.3) is 0 Å². The summed E-state index contributed by atoms with van der Waals surface area (Å²) in [6.45, 7) is 6.16. The molecule has 0 amide bonds. The van der Waals surface area contributed by atoms with E-state index in [-0.39, 0.29) is 28.6 Å². The highest BCUT2D eigenvalue weighted by Gasteiger charge is 2.68. The first-order chi connectivity index (χ1) is 11.9. The van der Waals surface area contributed by atoms with Crippen molar-refractivity contribution in [3.8, 4) is 0 Å². The average Bonchev–Trinajstić information content (AvgIpc) is 3.17. The van der Waals surface area contributed by atoms with Crippen LogP contribution in [0.2, 0.25) is 0 Å². The van der Waals surface area contributed by atoms with Gasteiger partial charge in [-0.05, 0) is 61.7 Å². The smallest absolute Gasteiger partial charge is 0.174 e. The van der Waals surface area contributed by atoms with Crippen LogP contribution in [0.3, 0.4) is 0 Å². The Hall–Kier alpha value is -0.450. The van der Waals surface area contributed by atoms with Gasteiger partial charge in [-0.1, -0.05) is 13.8 Å². The summed E-state index contributed by atoms with van der Waals surface area (Å²) in [7, 11) is 0. The number of fused-ring (bicyclic) bond motifs is 6. The highest BCUT2D eigenvalue weighted by Crippen LogP contribution is 2.68. The summed E-state index contributed by atoms with van der Waals surface area (Å²) in [6, 6.07) is 0. The van der Waals surface area contributed by atoms with Crippen molar-refractivity contribution >= 4 is 5.78 Å². The first-order valence-corrected chi connectivity index (χ1v) is 10.4. The summed E-state index contributed by atoms with van der Waals surface area (Å²) in [5.41, 5.74) is 0.149. The molecule has 5 aliphatic rings. The van der Waals surface area contributed by atoms with Gasteiger partial charge in [0.05, 0.1) is 19.3 Å². The van der Waals surface area contributed by atoms with E-state index in [0.29, 0.717) is 49.6 Å². The van der Waals surface area contributed by atoms with E-state index in [9.17, 15) is 9.90 Å². The van der Waals surface area contributed by atoms with Crippen molar-refractivity contribution in [2.45, 2.75) is 77.1 Å². The van der Waals surface area contributed by atoms with Crippen LogP contribution in [0, 0.1) is 34.5 Å². The third-order valence-corrected chi connectivity index (χ3v) is 9.23. The summed E-state index contributed by atoms with van der Waals surface area (Å²) in [4.78, 5) is 13.1. The number of carbonyl (C=O) groups excluding carboxylic acids is 1. The van der Waals surface area contributed by atoms with Gasteiger partial charge in [0, 0.05) is 24.2 Å². The summed E-state index contributed by atoms with van der Waals surface area (Å²) in [5, 5.41) is 10.1. The van der Waals surface area contributed by atoms with E-state index in [2.05, 4.69) is 13.8 Å². The van der Waals surface area contributed by atoms with Gasteiger partial charge in [-0.2, -0.15) is 0 Å². The van der Waals surface area contributed by atoms with Crippen LogP contribution >= 0.6 is 0 Å². The minimum atomic E-state index is -0.383. The number of aliphatic hydroxyl groups is 1. The summed E-state index contributed by atoms with van der Waals surface area (Å²) in [5.74, 6) is 1.76. The SMILES string of the molecule is C[C@]12CC[C@H](O)C[C@@H]1C(=O)C[C@@H]1[C@@H]2CC[C@@]2(C)[C@H]1CCC21OCCO1. The standard InChI is InChI=1S/C21H32O4/c1-19-6-3-13(22)11-17(19)18(23)12-14-15(19)4-7-20(2)16(14)5-8-21(20)24-9-10-25-21/h13-17,22H,3-12H2,1-2H3/t13-,14+,15-,16-,17+,19+,20-/m0/s1. The lowest BCUT2D eigenvalue weighted by Crippen LogP contribution is -2.59. The second-order valence-electron chi connectivity index (χ2n) is 9.98. The lowest BCUT2D eigenvalue weighted by Gasteiger charge is -2.60. The van der Waals surface area contributed by atoms with Gasteiger partial charge in [-0.3, -0.25) is 4.79 Å². The number of ketones is 1. The Bertz CT molecular complexity index is 582. The van der Waals surface area contributed by atoms with Crippen LogP contribution in [0.5, 0.6) is 0 Å². The van der Waals surface area contributed by atoms with Crippen molar-refractivity contribution in [2.24, 2.45) is 34.5 Å². The van der Waals surface area contributed by atoms with Crippen LogP contribution in [0.15, 0.2) is 0 Å². The van der Waals surface area contributed by atoms with Gasteiger partial charge >= 0.3 is 0 Å². The molecule has 1 aliphatic heterocycles. The summed E-state index contributed by atoms with van der Waals surface area (Å²) in [6.07, 6.45) is 7.46. The maximum Gasteiger partial charge on any atom is 0.174 e. The van der Waals surface area contributed by atoms with Gasteiger partial charge in [0.25, 0.3) is 0 Å². The molecule has 1 N–H and O–H groups in total. The molecule has 4 aliphatic carbocycles. The topological polar surface area (TPSA) is 55.8 Å². The third kappa shape index (κ3) is 2.02. The Balaban J connectivity index is 1.49. The Labute approximate surface area is 150 Å². The molecule has 0 radical (unpaired) electrons. The predicted octanol–water partition coefficient (Wildman–Crippen LogP) is 3.31. The predicted molar refractivity (Wildman–Crippen MR) is 92.8 cm³/mol. The van der Waals surface area contributed by atoms with Crippen molar-refractivity contribution in [1.29, 1.82) is 0 Å². The normalized spacial score (nSPS) is 54.2. The largest absolute Gasteiger partial charge is 0.393 e. The minimum Gasteiger partial charge on any atom is -0.393 e. The zero-order chi connectivity index (χ0) is 17.4. The Kier molecular flexibility index (Phi) is 3.54. The minimum absolute atomic E-state index is 0.0579. The molecule has 0 aromatic heterocycles. The van der Waals surface area contributed by atoms with Crippen LogP contribution in [0.4, 0.5) is 0 Å². The summed E-state index contributed by atoms with van der Waals surface area (Å²) < 4.78 is 12.4. The van der Waals surface area contributed by atoms with Gasteiger partial charge < -0.3 is 14.6 Å². The molecule has 4 nitrogen and oxygen atoms in total. The van der Waals surface area contributed by atoms with E-state index in [4.69, 9.17) is 9.47 Å². The maximum absolute atomic E-state index is 13.1. The monoisotopic (exact) mass is 348 g/mol. The highest BCUT2D eigenvalue weighted by atomic mass is 16.7. The van der Waals surface area contributed by atoms with Crippen LogP contribution in [-0.2, 0) is 14.3 Å². The molecule has 1 saturated heterocycles. The summed E-state index contributed by atoms with van der Waals surface area (Å²) >= 11 is 0. The molecular weight excluding hydrogens is 316 g/mol.